The summed E-state index contributed by atoms with van der Waals surface area (Å²) in [6.07, 6.45) is 8.67. The van der Waals surface area contributed by atoms with E-state index in [0.717, 1.165) is 79.3 Å². The van der Waals surface area contributed by atoms with Crippen LogP contribution in [-0.4, -0.2) is 41.6 Å². The number of aromatic nitrogens is 4. The Morgan fingerprint density at radius 2 is 1.81 bits per heavy atom. The first-order valence-corrected chi connectivity index (χ1v) is 15.2. The van der Waals surface area contributed by atoms with Crippen LogP contribution in [0, 0.1) is 11.3 Å². The Kier molecular flexibility index (Phi) is 7.50. The van der Waals surface area contributed by atoms with Crippen molar-refractivity contribution in [2.75, 3.05) is 0 Å². The zero-order chi connectivity index (χ0) is 29.5. The molecule has 1 saturated heterocycles. The van der Waals surface area contributed by atoms with E-state index < -0.39 is 5.60 Å². The van der Waals surface area contributed by atoms with Gasteiger partial charge in [-0.05, 0) is 81.5 Å². The molecule has 2 fully saturated rings. The van der Waals surface area contributed by atoms with Crippen molar-refractivity contribution < 1.29 is 9.84 Å². The molecule has 1 atom stereocenters. The Morgan fingerprint density at radius 1 is 1.10 bits per heavy atom. The zero-order valence-electron chi connectivity index (χ0n) is 24.7. The molecule has 2 aliphatic rings. The Labute approximate surface area is 246 Å². The van der Waals surface area contributed by atoms with E-state index in [0.29, 0.717) is 17.8 Å². The minimum atomic E-state index is -0.855. The molecule has 4 aromatic rings. The number of nitrogens with zero attached hydrogens (tertiary/aromatic N) is 5. The number of rotatable bonds is 7. The predicted octanol–water partition coefficient (Wildman–Crippen LogP) is 5.78. The van der Waals surface area contributed by atoms with Crippen molar-refractivity contribution >= 4 is 5.78 Å². The number of benzene rings is 2. The molecular weight excluding hydrogens is 526 g/mol. The Morgan fingerprint density at radius 3 is 2.48 bits per heavy atom. The van der Waals surface area contributed by atoms with Crippen LogP contribution in [0.2, 0.25) is 0 Å². The smallest absolute Gasteiger partial charge is 0.259 e. The van der Waals surface area contributed by atoms with Gasteiger partial charge < -0.3 is 9.84 Å². The summed E-state index contributed by atoms with van der Waals surface area (Å²) in [5.41, 5.74) is 4.18. The van der Waals surface area contributed by atoms with Crippen molar-refractivity contribution in [1.82, 2.24) is 19.2 Å². The highest BCUT2D eigenvalue weighted by atomic mass is 16.5. The maximum Gasteiger partial charge on any atom is 0.259 e. The van der Waals surface area contributed by atoms with Gasteiger partial charge in [0.1, 0.15) is 6.33 Å². The van der Waals surface area contributed by atoms with Gasteiger partial charge in [-0.25, -0.2) is 4.52 Å². The van der Waals surface area contributed by atoms with Gasteiger partial charge in [-0.1, -0.05) is 55.8 Å². The number of fused-ring (bicyclic) bond motifs is 1. The van der Waals surface area contributed by atoms with Gasteiger partial charge in [-0.15, -0.1) is 0 Å². The standard InChI is InChI=1S/C34H39N5O3/c1-4-7-29-28(20-23-10-12-24(13-11-23)27-9-6-5-8-25(27)21-35)31(40)38(32-36-22-37-39(29)32)26-14-17-34(18-15-26)19-16-30(42-34)33(2,3)41/h5-6,8-13,22,26,30,41H,4,7,14-20H2,1-3H3. The summed E-state index contributed by atoms with van der Waals surface area (Å²) in [5.74, 6) is 0.610. The molecule has 2 aromatic heterocycles. The lowest BCUT2D eigenvalue weighted by Gasteiger charge is -2.39. The molecule has 8 heteroatoms. The number of hydrogen-bond donors (Lipinski definition) is 1. The molecule has 1 N–H and O–H groups in total. The Bertz CT molecular complexity index is 1680. The molecule has 0 radical (unpaired) electrons. The highest BCUT2D eigenvalue weighted by molar-refractivity contribution is 5.70. The first-order valence-electron chi connectivity index (χ1n) is 15.2. The number of hydrogen-bond acceptors (Lipinski definition) is 6. The topological polar surface area (TPSA) is 105 Å². The van der Waals surface area contributed by atoms with Gasteiger partial charge in [-0.3, -0.25) is 9.36 Å². The van der Waals surface area contributed by atoms with Crippen molar-refractivity contribution in [3.8, 4) is 17.2 Å². The number of nitriles is 1. The van der Waals surface area contributed by atoms with E-state index in [1.54, 1.807) is 6.33 Å². The third-order valence-corrected chi connectivity index (χ3v) is 9.28. The molecule has 1 aliphatic carbocycles. The van der Waals surface area contributed by atoms with E-state index in [1.165, 1.54) is 0 Å². The van der Waals surface area contributed by atoms with Crippen LogP contribution >= 0.6 is 0 Å². The van der Waals surface area contributed by atoms with E-state index in [1.807, 2.05) is 59.3 Å². The summed E-state index contributed by atoms with van der Waals surface area (Å²) in [7, 11) is 0. The molecule has 1 aliphatic heterocycles. The van der Waals surface area contributed by atoms with Crippen molar-refractivity contribution in [3.05, 3.63) is 87.6 Å². The molecule has 3 heterocycles. The molecule has 218 valence electrons. The average Bonchev–Trinajstić information content (AvgIpc) is 3.64. The van der Waals surface area contributed by atoms with Crippen LogP contribution in [0.3, 0.4) is 0 Å². The maximum atomic E-state index is 14.3. The van der Waals surface area contributed by atoms with Gasteiger partial charge in [-0.2, -0.15) is 15.3 Å². The SMILES string of the molecule is CCCc1c(Cc2ccc(-c3ccccc3C#N)cc2)c(=O)n(C2CCC3(CC2)CCC(C(C)(C)O)O3)c2ncnn12. The van der Waals surface area contributed by atoms with Crippen LogP contribution in [0.25, 0.3) is 16.9 Å². The number of ether oxygens (including phenoxy) is 1. The fourth-order valence-electron chi connectivity index (χ4n) is 6.98. The van der Waals surface area contributed by atoms with E-state index in [2.05, 4.69) is 35.2 Å². The number of aryl methyl sites for hydroxylation is 1. The predicted molar refractivity (Wildman–Crippen MR) is 161 cm³/mol. The average molecular weight is 566 g/mol. The second-order valence-electron chi connectivity index (χ2n) is 12.6. The summed E-state index contributed by atoms with van der Waals surface area (Å²) in [5, 5.41) is 24.6. The van der Waals surface area contributed by atoms with Gasteiger partial charge >= 0.3 is 0 Å². The Hall–Kier alpha value is -3.80. The van der Waals surface area contributed by atoms with Crippen LogP contribution in [0.15, 0.2) is 59.7 Å². The molecule has 2 aromatic carbocycles. The van der Waals surface area contributed by atoms with Crippen LogP contribution in [0.4, 0.5) is 0 Å². The van der Waals surface area contributed by atoms with E-state index >= 15 is 0 Å². The Balaban J connectivity index is 1.32. The van der Waals surface area contributed by atoms with Gasteiger partial charge in [0.25, 0.3) is 5.56 Å². The molecular formula is C34H39N5O3. The van der Waals surface area contributed by atoms with Crippen LogP contribution in [0.5, 0.6) is 0 Å². The summed E-state index contributed by atoms with van der Waals surface area (Å²) >= 11 is 0. The monoisotopic (exact) mass is 565 g/mol. The normalized spacial score (nSPS) is 22.5. The van der Waals surface area contributed by atoms with Crippen LogP contribution in [0.1, 0.15) is 94.1 Å². The van der Waals surface area contributed by atoms with Crippen molar-refractivity contribution in [2.24, 2.45) is 0 Å². The summed E-state index contributed by atoms with van der Waals surface area (Å²) in [6.45, 7) is 5.76. The lowest BCUT2D eigenvalue weighted by molar-refractivity contribution is -0.135. The molecule has 8 nitrogen and oxygen atoms in total. The lowest BCUT2D eigenvalue weighted by atomic mass is 9.80. The van der Waals surface area contributed by atoms with Crippen molar-refractivity contribution in [1.29, 1.82) is 5.26 Å². The number of aliphatic hydroxyl groups is 1. The molecule has 6 rings (SSSR count). The van der Waals surface area contributed by atoms with E-state index in [4.69, 9.17) is 4.74 Å². The van der Waals surface area contributed by atoms with Crippen LogP contribution < -0.4 is 5.56 Å². The molecule has 42 heavy (non-hydrogen) atoms. The summed E-state index contributed by atoms with van der Waals surface area (Å²) in [4.78, 5) is 18.9. The summed E-state index contributed by atoms with van der Waals surface area (Å²) in [6, 6.07) is 18.0. The van der Waals surface area contributed by atoms with E-state index in [-0.39, 0.29) is 23.3 Å². The summed E-state index contributed by atoms with van der Waals surface area (Å²) < 4.78 is 10.2. The first-order chi connectivity index (χ1) is 20.2. The van der Waals surface area contributed by atoms with Crippen LogP contribution in [-0.2, 0) is 17.6 Å². The largest absolute Gasteiger partial charge is 0.388 e. The van der Waals surface area contributed by atoms with Gasteiger partial charge in [0.15, 0.2) is 0 Å². The fourth-order valence-corrected chi connectivity index (χ4v) is 6.98. The molecule has 1 unspecified atom stereocenters. The zero-order valence-corrected chi connectivity index (χ0v) is 24.7. The minimum absolute atomic E-state index is 0.0129. The quantitative estimate of drug-likeness (QED) is 0.305. The minimum Gasteiger partial charge on any atom is -0.388 e. The second kappa shape index (κ2) is 11.1. The van der Waals surface area contributed by atoms with Gasteiger partial charge in [0.05, 0.1) is 34.6 Å². The maximum absolute atomic E-state index is 14.3. The van der Waals surface area contributed by atoms with Gasteiger partial charge in [0, 0.05) is 18.0 Å². The fraction of sp³-hybridized carbons (Fsp3) is 0.471. The third-order valence-electron chi connectivity index (χ3n) is 9.28. The van der Waals surface area contributed by atoms with E-state index in [9.17, 15) is 15.2 Å². The first kappa shape index (κ1) is 28.3. The lowest BCUT2D eigenvalue weighted by Crippen LogP contribution is -2.42. The van der Waals surface area contributed by atoms with Crippen molar-refractivity contribution in [3.63, 3.8) is 0 Å². The highest BCUT2D eigenvalue weighted by Gasteiger charge is 2.47. The molecule has 0 bridgehead atoms. The molecule has 1 saturated carbocycles. The highest BCUT2D eigenvalue weighted by Crippen LogP contribution is 2.46. The van der Waals surface area contributed by atoms with Crippen molar-refractivity contribution in [2.45, 2.75) is 102 Å². The third kappa shape index (κ3) is 5.16. The second-order valence-corrected chi connectivity index (χ2v) is 12.6. The molecule has 1 spiro atoms. The van der Waals surface area contributed by atoms with Gasteiger partial charge in [0.2, 0.25) is 5.78 Å². The molecule has 0 amide bonds.